The average Bonchev–Trinajstić information content (AvgIpc) is 2.23. The Bertz CT molecular complexity index is 409. The number of ether oxygens (including phenoxy) is 1. The molecule has 0 aromatic heterocycles. The Morgan fingerprint density at radius 1 is 1.38 bits per heavy atom. The zero-order chi connectivity index (χ0) is 12.3. The molecule has 0 heterocycles. The lowest BCUT2D eigenvalue weighted by Crippen LogP contribution is -2.27. The third-order valence-corrected chi connectivity index (χ3v) is 1.92. The lowest BCUT2D eigenvalue weighted by molar-refractivity contribution is -0.141. The molecule has 1 aromatic carbocycles. The molecule has 1 N–H and O–H groups in total. The van der Waals surface area contributed by atoms with Crippen LogP contribution in [-0.2, 0) is 9.53 Å². The smallest absolute Gasteiger partial charge is 0.327 e. The van der Waals surface area contributed by atoms with Gasteiger partial charge in [-0.15, -0.1) is 0 Å². The van der Waals surface area contributed by atoms with E-state index in [4.69, 9.17) is 0 Å². The van der Waals surface area contributed by atoms with Crippen LogP contribution in [0.2, 0.25) is 0 Å². The summed E-state index contributed by atoms with van der Waals surface area (Å²) in [5, 5.41) is 2.31. The van der Waals surface area contributed by atoms with Gasteiger partial charge in [0, 0.05) is 12.1 Å². The Balaban J connectivity index is 2.93. The lowest BCUT2D eigenvalue weighted by Gasteiger charge is -2.13. The van der Waals surface area contributed by atoms with Crippen molar-refractivity contribution in [3.63, 3.8) is 0 Å². The minimum Gasteiger partial charge on any atom is -0.467 e. The predicted molar refractivity (Wildman–Crippen MR) is 51.4 cm³/mol. The van der Waals surface area contributed by atoms with Gasteiger partial charge in [-0.25, -0.2) is 18.0 Å². The monoisotopic (exact) mass is 233 g/mol. The van der Waals surface area contributed by atoms with E-state index in [1.165, 1.54) is 6.92 Å². The molecule has 0 aliphatic heterocycles. The number of nitrogens with one attached hydrogen (secondary N) is 1. The molecule has 1 unspecified atom stereocenters. The molecule has 0 fully saturated rings. The first kappa shape index (κ1) is 12.4. The largest absolute Gasteiger partial charge is 0.467 e. The second-order valence-corrected chi connectivity index (χ2v) is 3.14. The number of benzene rings is 1. The summed E-state index contributed by atoms with van der Waals surface area (Å²) in [5.41, 5.74) is -0.421. The summed E-state index contributed by atoms with van der Waals surface area (Å²) < 4.78 is 43.1. The van der Waals surface area contributed by atoms with Gasteiger partial charge in [0.1, 0.15) is 11.9 Å². The maximum Gasteiger partial charge on any atom is 0.327 e. The second kappa shape index (κ2) is 4.87. The summed E-state index contributed by atoms with van der Waals surface area (Å²) in [6.45, 7) is 1.38. The number of anilines is 1. The van der Waals surface area contributed by atoms with Crippen LogP contribution in [0.4, 0.5) is 18.9 Å². The fourth-order valence-corrected chi connectivity index (χ4v) is 1.13. The number of carbonyl (C=O) groups excluding carboxylic acids is 1. The van der Waals surface area contributed by atoms with Crippen molar-refractivity contribution in [2.45, 2.75) is 13.0 Å². The Morgan fingerprint density at radius 3 is 2.56 bits per heavy atom. The van der Waals surface area contributed by atoms with Gasteiger partial charge in [0.05, 0.1) is 12.8 Å². The number of hydrogen-bond donors (Lipinski definition) is 1. The highest BCUT2D eigenvalue weighted by Gasteiger charge is 2.17. The maximum atomic E-state index is 13.2. The molecular formula is C10H10F3NO2. The van der Waals surface area contributed by atoms with E-state index in [2.05, 4.69) is 10.1 Å². The van der Waals surface area contributed by atoms with Crippen molar-refractivity contribution in [3.8, 4) is 0 Å². The van der Waals surface area contributed by atoms with Crippen molar-refractivity contribution in [1.29, 1.82) is 0 Å². The lowest BCUT2D eigenvalue weighted by atomic mass is 10.2. The number of rotatable bonds is 3. The highest BCUT2D eigenvalue weighted by atomic mass is 19.2. The molecular weight excluding hydrogens is 223 g/mol. The van der Waals surface area contributed by atoms with Gasteiger partial charge in [0.25, 0.3) is 0 Å². The van der Waals surface area contributed by atoms with Gasteiger partial charge in [0.15, 0.2) is 11.6 Å². The number of esters is 1. The summed E-state index contributed by atoms with van der Waals surface area (Å²) >= 11 is 0. The Hall–Kier alpha value is -1.72. The highest BCUT2D eigenvalue weighted by molar-refractivity contribution is 5.78. The summed E-state index contributed by atoms with van der Waals surface area (Å²) in [5.74, 6) is -4.15. The Kier molecular flexibility index (Phi) is 3.76. The number of carbonyl (C=O) groups is 1. The molecule has 3 nitrogen and oxygen atoms in total. The molecule has 0 saturated heterocycles. The van der Waals surface area contributed by atoms with Crippen molar-refractivity contribution in [2.24, 2.45) is 0 Å². The number of halogens is 3. The summed E-state index contributed by atoms with van der Waals surface area (Å²) in [6, 6.07) is 0.280. The minimum absolute atomic E-state index is 0.420. The first-order chi connectivity index (χ1) is 7.45. The molecule has 88 valence electrons. The quantitative estimate of drug-likeness (QED) is 0.641. The van der Waals surface area contributed by atoms with E-state index in [1.807, 2.05) is 0 Å². The molecule has 0 aliphatic rings. The molecule has 0 radical (unpaired) electrons. The number of hydrogen-bond acceptors (Lipinski definition) is 3. The molecule has 1 aromatic rings. The predicted octanol–water partition coefficient (Wildman–Crippen LogP) is 2.08. The molecule has 1 atom stereocenters. The van der Waals surface area contributed by atoms with Crippen molar-refractivity contribution < 1.29 is 22.7 Å². The molecule has 0 spiro atoms. The van der Waals surface area contributed by atoms with Crippen LogP contribution in [0.25, 0.3) is 0 Å². The van der Waals surface area contributed by atoms with E-state index in [9.17, 15) is 18.0 Å². The normalized spacial score (nSPS) is 12.1. The summed E-state index contributed by atoms with van der Waals surface area (Å²) in [4.78, 5) is 11.0. The Morgan fingerprint density at radius 2 is 2.00 bits per heavy atom. The molecule has 6 heteroatoms. The number of methoxy groups -OCH3 is 1. The summed E-state index contributed by atoms with van der Waals surface area (Å²) in [7, 11) is 1.16. The van der Waals surface area contributed by atoms with Gasteiger partial charge in [-0.3, -0.25) is 0 Å². The molecule has 0 bridgehead atoms. The van der Waals surface area contributed by atoms with Crippen LogP contribution in [0.3, 0.4) is 0 Å². The molecule has 0 aliphatic carbocycles. The fraction of sp³-hybridized carbons (Fsp3) is 0.300. The van der Waals surface area contributed by atoms with Gasteiger partial charge in [-0.2, -0.15) is 0 Å². The van der Waals surface area contributed by atoms with Gasteiger partial charge < -0.3 is 10.1 Å². The topological polar surface area (TPSA) is 38.3 Å². The van der Waals surface area contributed by atoms with E-state index >= 15 is 0 Å². The van der Waals surface area contributed by atoms with Crippen LogP contribution >= 0.6 is 0 Å². The van der Waals surface area contributed by atoms with Crippen LogP contribution < -0.4 is 5.32 Å². The van der Waals surface area contributed by atoms with E-state index < -0.39 is 35.2 Å². The van der Waals surface area contributed by atoms with Gasteiger partial charge in [-0.1, -0.05) is 0 Å². The average molecular weight is 233 g/mol. The van der Waals surface area contributed by atoms with Crippen molar-refractivity contribution >= 4 is 11.7 Å². The van der Waals surface area contributed by atoms with E-state index in [0.717, 1.165) is 13.2 Å². The van der Waals surface area contributed by atoms with Crippen LogP contribution in [0.1, 0.15) is 6.92 Å². The highest BCUT2D eigenvalue weighted by Crippen LogP contribution is 2.19. The van der Waals surface area contributed by atoms with E-state index in [-0.39, 0.29) is 0 Å². The van der Waals surface area contributed by atoms with Crippen molar-refractivity contribution in [1.82, 2.24) is 0 Å². The standard InChI is InChI=1S/C10H10F3NO2/c1-5(10(15)16-2)14-8-4-6(11)3-7(12)9(8)13/h3-5,14H,1-2H3. The van der Waals surface area contributed by atoms with Crippen LogP contribution in [-0.4, -0.2) is 19.1 Å². The zero-order valence-electron chi connectivity index (χ0n) is 8.68. The van der Waals surface area contributed by atoms with Gasteiger partial charge >= 0.3 is 5.97 Å². The van der Waals surface area contributed by atoms with Crippen molar-refractivity contribution in [3.05, 3.63) is 29.6 Å². The Labute approximate surface area is 90.2 Å². The van der Waals surface area contributed by atoms with Crippen LogP contribution in [0.15, 0.2) is 12.1 Å². The molecule has 0 amide bonds. The van der Waals surface area contributed by atoms with E-state index in [1.54, 1.807) is 0 Å². The third-order valence-electron chi connectivity index (χ3n) is 1.92. The van der Waals surface area contributed by atoms with Crippen molar-refractivity contribution in [2.75, 3.05) is 12.4 Å². The maximum absolute atomic E-state index is 13.2. The zero-order valence-corrected chi connectivity index (χ0v) is 8.68. The van der Waals surface area contributed by atoms with Crippen LogP contribution in [0.5, 0.6) is 0 Å². The van der Waals surface area contributed by atoms with Crippen LogP contribution in [0, 0.1) is 17.5 Å². The molecule has 16 heavy (non-hydrogen) atoms. The minimum atomic E-state index is -1.32. The van der Waals surface area contributed by atoms with E-state index in [0.29, 0.717) is 6.07 Å². The third kappa shape index (κ3) is 2.65. The first-order valence-electron chi connectivity index (χ1n) is 4.44. The molecule has 1 rings (SSSR count). The SMILES string of the molecule is COC(=O)C(C)Nc1cc(F)cc(F)c1F. The fourth-order valence-electron chi connectivity index (χ4n) is 1.13. The second-order valence-electron chi connectivity index (χ2n) is 3.14. The summed E-state index contributed by atoms with van der Waals surface area (Å²) in [6.07, 6.45) is 0. The molecule has 0 saturated carbocycles. The first-order valence-corrected chi connectivity index (χ1v) is 4.44. The van der Waals surface area contributed by atoms with Gasteiger partial charge in [0.2, 0.25) is 0 Å². The van der Waals surface area contributed by atoms with Gasteiger partial charge in [-0.05, 0) is 6.92 Å².